The number of anilines is 1. The molecule has 17 heavy (non-hydrogen) atoms. The van der Waals surface area contributed by atoms with Gasteiger partial charge >= 0.3 is 0 Å². The first-order valence-corrected chi connectivity index (χ1v) is 6.41. The Labute approximate surface area is 107 Å². The summed E-state index contributed by atoms with van der Waals surface area (Å²) in [6.07, 6.45) is 0. The lowest BCUT2D eigenvalue weighted by Crippen LogP contribution is -2.27. The number of hydrogen-bond acceptors (Lipinski definition) is 1. The van der Waals surface area contributed by atoms with Gasteiger partial charge in [-0.25, -0.2) is 0 Å². The van der Waals surface area contributed by atoms with Crippen LogP contribution in [0.5, 0.6) is 0 Å². The zero-order valence-corrected chi connectivity index (χ0v) is 12.7. The predicted molar refractivity (Wildman–Crippen MR) is 78.0 cm³/mol. The Morgan fingerprint density at radius 1 is 0.824 bits per heavy atom. The summed E-state index contributed by atoms with van der Waals surface area (Å²) >= 11 is 0. The van der Waals surface area contributed by atoms with Gasteiger partial charge in [0, 0.05) is 11.2 Å². The maximum absolute atomic E-state index is 3.57. The van der Waals surface area contributed by atoms with E-state index in [1.807, 2.05) is 0 Å². The van der Waals surface area contributed by atoms with Gasteiger partial charge in [-0.2, -0.15) is 0 Å². The molecule has 1 aromatic carbocycles. The first-order valence-electron chi connectivity index (χ1n) is 6.41. The van der Waals surface area contributed by atoms with Crippen molar-refractivity contribution >= 4 is 5.69 Å². The van der Waals surface area contributed by atoms with Crippen molar-refractivity contribution in [2.24, 2.45) is 0 Å². The van der Waals surface area contributed by atoms with Crippen molar-refractivity contribution in [3.05, 3.63) is 28.8 Å². The highest BCUT2D eigenvalue weighted by atomic mass is 15.0. The molecule has 0 bridgehead atoms. The van der Waals surface area contributed by atoms with Gasteiger partial charge in [-0.05, 0) is 62.8 Å². The van der Waals surface area contributed by atoms with Crippen molar-refractivity contribution in [2.75, 3.05) is 5.32 Å². The maximum Gasteiger partial charge on any atom is 0.0376 e. The van der Waals surface area contributed by atoms with E-state index >= 15 is 0 Å². The summed E-state index contributed by atoms with van der Waals surface area (Å²) in [5, 5.41) is 3.57. The minimum atomic E-state index is 0.112. The van der Waals surface area contributed by atoms with Gasteiger partial charge in [0.2, 0.25) is 0 Å². The highest BCUT2D eigenvalue weighted by Crippen LogP contribution is 2.31. The topological polar surface area (TPSA) is 12.0 Å². The van der Waals surface area contributed by atoms with Crippen LogP contribution in [0.15, 0.2) is 12.1 Å². The van der Waals surface area contributed by atoms with E-state index in [2.05, 4.69) is 72.8 Å². The minimum absolute atomic E-state index is 0.112. The Morgan fingerprint density at radius 2 is 1.35 bits per heavy atom. The molecule has 0 fully saturated rings. The molecule has 0 spiro atoms. The van der Waals surface area contributed by atoms with Crippen LogP contribution in [0.4, 0.5) is 5.69 Å². The summed E-state index contributed by atoms with van der Waals surface area (Å²) in [6.45, 7) is 17.8. The summed E-state index contributed by atoms with van der Waals surface area (Å²) < 4.78 is 0. The SMILES string of the molecule is Cc1c(NC(C)(C)C)ccc(C(C)(C)C)c1C. The highest BCUT2D eigenvalue weighted by molar-refractivity contribution is 5.58. The first kappa shape index (κ1) is 14.1. The minimum Gasteiger partial charge on any atom is -0.380 e. The quantitative estimate of drug-likeness (QED) is 0.734. The molecule has 1 N–H and O–H groups in total. The summed E-state index contributed by atoms with van der Waals surface area (Å²) in [5.41, 5.74) is 5.80. The molecule has 0 heterocycles. The van der Waals surface area contributed by atoms with Crippen molar-refractivity contribution in [1.82, 2.24) is 0 Å². The first-order chi connectivity index (χ1) is 7.52. The highest BCUT2D eigenvalue weighted by Gasteiger charge is 2.19. The van der Waals surface area contributed by atoms with E-state index in [0.717, 1.165) is 0 Å². The fourth-order valence-corrected chi connectivity index (χ4v) is 2.17. The van der Waals surface area contributed by atoms with Gasteiger partial charge in [-0.3, -0.25) is 0 Å². The molecule has 0 radical (unpaired) electrons. The molecule has 1 rings (SSSR count). The summed E-state index contributed by atoms with van der Waals surface area (Å²) in [5.74, 6) is 0. The predicted octanol–water partition coefficient (Wildman–Crippen LogP) is 4.81. The van der Waals surface area contributed by atoms with Gasteiger partial charge in [-0.15, -0.1) is 0 Å². The second-order valence-electron chi connectivity index (χ2n) is 7.04. The lowest BCUT2D eigenvalue weighted by atomic mass is 9.82. The zero-order chi connectivity index (χ0) is 13.4. The molecule has 0 aromatic heterocycles. The molecule has 96 valence electrons. The normalized spacial score (nSPS) is 12.7. The van der Waals surface area contributed by atoms with E-state index in [-0.39, 0.29) is 11.0 Å². The third kappa shape index (κ3) is 3.49. The van der Waals surface area contributed by atoms with Crippen LogP contribution in [0.3, 0.4) is 0 Å². The van der Waals surface area contributed by atoms with Crippen molar-refractivity contribution in [2.45, 2.75) is 66.3 Å². The second-order valence-corrected chi connectivity index (χ2v) is 7.04. The van der Waals surface area contributed by atoms with Crippen molar-refractivity contribution in [3.8, 4) is 0 Å². The largest absolute Gasteiger partial charge is 0.380 e. The molecule has 1 nitrogen and oxygen atoms in total. The van der Waals surface area contributed by atoms with Crippen LogP contribution >= 0.6 is 0 Å². The number of nitrogens with one attached hydrogen (secondary N) is 1. The Balaban J connectivity index is 3.21. The zero-order valence-electron chi connectivity index (χ0n) is 12.7. The van der Waals surface area contributed by atoms with Gasteiger partial charge in [0.05, 0.1) is 0 Å². The molecule has 0 unspecified atom stereocenters. The molecule has 0 saturated carbocycles. The molecule has 0 saturated heterocycles. The van der Waals surface area contributed by atoms with Crippen molar-refractivity contribution in [1.29, 1.82) is 0 Å². The van der Waals surface area contributed by atoms with E-state index in [9.17, 15) is 0 Å². The van der Waals surface area contributed by atoms with Gasteiger partial charge in [0.15, 0.2) is 0 Å². The van der Waals surface area contributed by atoms with Crippen LogP contribution in [0.1, 0.15) is 58.2 Å². The molecule has 0 aliphatic rings. The molecule has 1 aromatic rings. The van der Waals surface area contributed by atoms with Gasteiger partial charge in [-0.1, -0.05) is 26.8 Å². The molecular weight excluding hydrogens is 206 g/mol. The average Bonchev–Trinajstić information content (AvgIpc) is 2.08. The van der Waals surface area contributed by atoms with Crippen LogP contribution in [0.25, 0.3) is 0 Å². The lowest BCUT2D eigenvalue weighted by Gasteiger charge is -2.28. The van der Waals surface area contributed by atoms with Gasteiger partial charge < -0.3 is 5.32 Å². The van der Waals surface area contributed by atoms with Crippen LogP contribution in [-0.4, -0.2) is 5.54 Å². The van der Waals surface area contributed by atoms with E-state index in [4.69, 9.17) is 0 Å². The average molecular weight is 233 g/mol. The Bertz CT molecular complexity index is 403. The van der Waals surface area contributed by atoms with E-state index in [1.165, 1.54) is 22.4 Å². The third-order valence-electron chi connectivity index (χ3n) is 3.10. The van der Waals surface area contributed by atoms with Crippen LogP contribution in [-0.2, 0) is 5.41 Å². The second kappa shape index (κ2) is 4.36. The summed E-state index contributed by atoms with van der Waals surface area (Å²) in [4.78, 5) is 0. The standard InChI is InChI=1S/C16H27N/c1-11-12(2)14(17-16(6,7)8)10-9-13(11)15(3,4)5/h9-10,17H,1-8H3. The van der Waals surface area contributed by atoms with Crippen molar-refractivity contribution in [3.63, 3.8) is 0 Å². The fourth-order valence-electron chi connectivity index (χ4n) is 2.17. The maximum atomic E-state index is 3.57. The molecule has 0 amide bonds. The van der Waals surface area contributed by atoms with Crippen LogP contribution in [0.2, 0.25) is 0 Å². The number of rotatable bonds is 1. The number of hydrogen-bond donors (Lipinski definition) is 1. The van der Waals surface area contributed by atoms with E-state index in [0.29, 0.717) is 0 Å². The summed E-state index contributed by atoms with van der Waals surface area (Å²) in [7, 11) is 0. The van der Waals surface area contributed by atoms with Gasteiger partial charge in [0.1, 0.15) is 0 Å². The van der Waals surface area contributed by atoms with Gasteiger partial charge in [0.25, 0.3) is 0 Å². The lowest BCUT2D eigenvalue weighted by molar-refractivity contribution is 0.585. The molecule has 0 atom stereocenters. The molecular formula is C16H27N. The Morgan fingerprint density at radius 3 is 1.76 bits per heavy atom. The third-order valence-corrected chi connectivity index (χ3v) is 3.10. The van der Waals surface area contributed by atoms with Crippen LogP contribution < -0.4 is 5.32 Å². The number of benzene rings is 1. The van der Waals surface area contributed by atoms with E-state index < -0.39 is 0 Å². The molecule has 0 aliphatic carbocycles. The Kier molecular flexibility index (Phi) is 3.61. The summed E-state index contributed by atoms with van der Waals surface area (Å²) in [6, 6.07) is 4.48. The fraction of sp³-hybridized carbons (Fsp3) is 0.625. The van der Waals surface area contributed by atoms with Crippen molar-refractivity contribution < 1.29 is 0 Å². The molecule has 0 aliphatic heterocycles. The smallest absolute Gasteiger partial charge is 0.0376 e. The Hall–Kier alpha value is -0.980. The van der Waals surface area contributed by atoms with Crippen LogP contribution in [0, 0.1) is 13.8 Å². The van der Waals surface area contributed by atoms with E-state index in [1.54, 1.807) is 0 Å². The monoisotopic (exact) mass is 233 g/mol. The molecule has 1 heteroatoms.